The van der Waals surface area contributed by atoms with Gasteiger partial charge in [0.2, 0.25) is 11.8 Å². The zero-order valence-corrected chi connectivity index (χ0v) is 12.0. The van der Waals surface area contributed by atoms with Crippen LogP contribution in [0.25, 0.3) is 0 Å². The van der Waals surface area contributed by atoms with Crippen LogP contribution in [0, 0.1) is 12.3 Å². The number of piperidine rings is 1. The van der Waals surface area contributed by atoms with Crippen LogP contribution in [0.5, 0.6) is 0 Å². The zero-order chi connectivity index (χ0) is 14.3. The normalized spacial score (nSPS) is 30.8. The Hall–Kier alpha value is -1.68. The van der Waals surface area contributed by atoms with Crippen molar-refractivity contribution in [1.29, 1.82) is 0 Å². The molecule has 0 aliphatic carbocycles. The van der Waals surface area contributed by atoms with E-state index in [9.17, 15) is 9.59 Å². The topological polar surface area (TPSA) is 49.4 Å². The molecule has 2 saturated heterocycles. The van der Waals surface area contributed by atoms with Crippen LogP contribution < -0.4 is 5.32 Å². The van der Waals surface area contributed by atoms with Gasteiger partial charge in [-0.25, -0.2) is 0 Å². The van der Waals surface area contributed by atoms with Crippen molar-refractivity contribution in [1.82, 2.24) is 10.2 Å². The largest absolute Gasteiger partial charge is 0.306 e. The van der Waals surface area contributed by atoms with E-state index in [1.165, 1.54) is 5.56 Å². The Morgan fingerprint density at radius 1 is 1.25 bits per heavy atom. The average Bonchev–Trinajstić information content (AvgIpc) is 2.72. The van der Waals surface area contributed by atoms with E-state index in [0.717, 1.165) is 25.1 Å². The predicted octanol–water partition coefficient (Wildman–Crippen LogP) is 1.45. The Morgan fingerprint density at radius 3 is 2.55 bits per heavy atom. The van der Waals surface area contributed by atoms with E-state index in [-0.39, 0.29) is 23.1 Å². The van der Waals surface area contributed by atoms with E-state index in [2.05, 4.69) is 17.3 Å². The Morgan fingerprint density at radius 2 is 1.95 bits per heavy atom. The first-order valence-corrected chi connectivity index (χ1v) is 7.09. The van der Waals surface area contributed by atoms with Gasteiger partial charge in [0.05, 0.1) is 5.92 Å². The second-order valence-electron chi connectivity index (χ2n) is 6.28. The highest BCUT2D eigenvalue weighted by Crippen LogP contribution is 2.48. The van der Waals surface area contributed by atoms with E-state index in [4.69, 9.17) is 0 Å². The summed E-state index contributed by atoms with van der Waals surface area (Å²) in [4.78, 5) is 26.4. The molecule has 1 spiro atoms. The molecule has 2 amide bonds. The van der Waals surface area contributed by atoms with Crippen molar-refractivity contribution in [3.63, 3.8) is 0 Å². The number of rotatable bonds is 1. The summed E-state index contributed by atoms with van der Waals surface area (Å²) in [6.45, 7) is 3.79. The van der Waals surface area contributed by atoms with Gasteiger partial charge in [-0.1, -0.05) is 29.8 Å². The van der Waals surface area contributed by atoms with E-state index >= 15 is 0 Å². The van der Waals surface area contributed by atoms with E-state index in [1.54, 1.807) is 0 Å². The van der Waals surface area contributed by atoms with Crippen LogP contribution in [-0.4, -0.2) is 36.9 Å². The maximum atomic E-state index is 12.4. The van der Waals surface area contributed by atoms with E-state index in [0.29, 0.717) is 6.42 Å². The number of amides is 2. The minimum absolute atomic E-state index is 0.131. The highest BCUT2D eigenvalue weighted by atomic mass is 16.2. The van der Waals surface area contributed by atoms with Crippen molar-refractivity contribution < 1.29 is 9.59 Å². The number of likely N-dealkylation sites (tertiary alicyclic amines) is 1. The van der Waals surface area contributed by atoms with Crippen LogP contribution in [0.2, 0.25) is 0 Å². The van der Waals surface area contributed by atoms with Crippen molar-refractivity contribution in [2.24, 2.45) is 5.41 Å². The molecule has 3 rings (SSSR count). The molecule has 2 atom stereocenters. The number of aryl methyl sites for hydroxylation is 1. The average molecular weight is 272 g/mol. The number of nitrogens with one attached hydrogen (secondary N) is 1. The van der Waals surface area contributed by atoms with Gasteiger partial charge < -0.3 is 4.90 Å². The molecule has 20 heavy (non-hydrogen) atoms. The van der Waals surface area contributed by atoms with Crippen LogP contribution in [0.3, 0.4) is 0 Å². The Balaban J connectivity index is 2.02. The van der Waals surface area contributed by atoms with Crippen molar-refractivity contribution in [3.8, 4) is 0 Å². The lowest BCUT2D eigenvalue weighted by molar-refractivity contribution is -0.139. The molecule has 0 saturated carbocycles. The molecule has 2 aliphatic heterocycles. The van der Waals surface area contributed by atoms with Gasteiger partial charge in [-0.15, -0.1) is 0 Å². The van der Waals surface area contributed by atoms with E-state index in [1.807, 2.05) is 31.2 Å². The molecule has 2 fully saturated rings. The van der Waals surface area contributed by atoms with Crippen LogP contribution in [0.1, 0.15) is 29.9 Å². The third-order valence-electron chi connectivity index (χ3n) is 4.64. The molecular formula is C16H20N2O2. The van der Waals surface area contributed by atoms with Gasteiger partial charge in [-0.3, -0.25) is 14.9 Å². The summed E-state index contributed by atoms with van der Waals surface area (Å²) in [5.41, 5.74) is 1.97. The zero-order valence-electron chi connectivity index (χ0n) is 12.0. The SMILES string of the molecule is Cc1ccc(C2C(=O)NC(=O)CC23CCN(C)C3)cc1. The number of hydrogen-bond acceptors (Lipinski definition) is 3. The lowest BCUT2D eigenvalue weighted by atomic mass is 9.66. The van der Waals surface area contributed by atoms with Gasteiger partial charge in [0.1, 0.15) is 0 Å². The lowest BCUT2D eigenvalue weighted by Crippen LogP contribution is -2.51. The standard InChI is InChI=1S/C16H20N2O2/c1-11-3-5-12(6-4-11)14-15(20)17-13(19)9-16(14)7-8-18(2)10-16/h3-6,14H,7-10H2,1-2H3,(H,17,19,20). The molecule has 1 aromatic carbocycles. The second-order valence-corrected chi connectivity index (χ2v) is 6.28. The first-order valence-electron chi connectivity index (χ1n) is 7.09. The summed E-state index contributed by atoms with van der Waals surface area (Å²) in [7, 11) is 2.05. The number of imide groups is 1. The van der Waals surface area contributed by atoms with E-state index < -0.39 is 0 Å². The van der Waals surface area contributed by atoms with Crippen LogP contribution in [0.4, 0.5) is 0 Å². The number of carbonyl (C=O) groups is 2. The summed E-state index contributed by atoms with van der Waals surface area (Å²) in [6.07, 6.45) is 1.35. The fourth-order valence-electron chi connectivity index (χ4n) is 3.71. The molecule has 4 nitrogen and oxygen atoms in total. The number of benzene rings is 1. The van der Waals surface area contributed by atoms with Gasteiger partial charge in [-0.2, -0.15) is 0 Å². The summed E-state index contributed by atoms with van der Waals surface area (Å²) >= 11 is 0. The summed E-state index contributed by atoms with van der Waals surface area (Å²) in [5.74, 6) is -0.486. The summed E-state index contributed by atoms with van der Waals surface area (Å²) in [5, 5.41) is 2.51. The number of nitrogens with zero attached hydrogens (tertiary/aromatic N) is 1. The fourth-order valence-corrected chi connectivity index (χ4v) is 3.71. The van der Waals surface area contributed by atoms with Crippen molar-refractivity contribution >= 4 is 11.8 Å². The van der Waals surface area contributed by atoms with Gasteiger partial charge in [-0.05, 0) is 32.5 Å². The molecule has 106 valence electrons. The minimum Gasteiger partial charge on any atom is -0.306 e. The molecule has 4 heteroatoms. The highest BCUT2D eigenvalue weighted by molar-refractivity contribution is 6.02. The molecule has 1 aromatic rings. The lowest BCUT2D eigenvalue weighted by Gasteiger charge is -2.39. The quantitative estimate of drug-likeness (QED) is 0.787. The van der Waals surface area contributed by atoms with Crippen LogP contribution in [0.15, 0.2) is 24.3 Å². The van der Waals surface area contributed by atoms with Crippen LogP contribution >= 0.6 is 0 Å². The van der Waals surface area contributed by atoms with Crippen molar-refractivity contribution in [3.05, 3.63) is 35.4 Å². The fraction of sp³-hybridized carbons (Fsp3) is 0.500. The summed E-state index contributed by atoms with van der Waals surface area (Å²) in [6, 6.07) is 8.11. The summed E-state index contributed by atoms with van der Waals surface area (Å²) < 4.78 is 0. The Kier molecular flexibility index (Phi) is 3.13. The molecule has 0 aromatic heterocycles. The number of hydrogen-bond donors (Lipinski definition) is 1. The Bertz CT molecular complexity index is 552. The molecule has 2 unspecified atom stereocenters. The monoisotopic (exact) mass is 272 g/mol. The minimum atomic E-state index is -0.233. The molecule has 2 aliphatic rings. The maximum absolute atomic E-state index is 12.4. The van der Waals surface area contributed by atoms with Gasteiger partial charge >= 0.3 is 0 Å². The van der Waals surface area contributed by atoms with Gasteiger partial charge in [0, 0.05) is 18.4 Å². The molecule has 0 radical (unpaired) electrons. The van der Waals surface area contributed by atoms with Crippen LogP contribution in [-0.2, 0) is 9.59 Å². The highest BCUT2D eigenvalue weighted by Gasteiger charge is 2.51. The first-order chi connectivity index (χ1) is 9.50. The maximum Gasteiger partial charge on any atom is 0.234 e. The molecular weight excluding hydrogens is 252 g/mol. The third-order valence-corrected chi connectivity index (χ3v) is 4.64. The molecule has 0 bridgehead atoms. The Labute approximate surface area is 119 Å². The third kappa shape index (κ3) is 2.14. The smallest absolute Gasteiger partial charge is 0.234 e. The number of carbonyl (C=O) groups excluding carboxylic acids is 2. The van der Waals surface area contributed by atoms with Crippen molar-refractivity contribution in [2.45, 2.75) is 25.7 Å². The second kappa shape index (κ2) is 4.70. The predicted molar refractivity (Wildman–Crippen MR) is 76.2 cm³/mol. The first kappa shape index (κ1) is 13.3. The van der Waals surface area contributed by atoms with Crippen molar-refractivity contribution in [2.75, 3.05) is 20.1 Å². The molecule has 1 N–H and O–H groups in total. The van der Waals surface area contributed by atoms with Gasteiger partial charge in [0.15, 0.2) is 0 Å². The van der Waals surface area contributed by atoms with Gasteiger partial charge in [0.25, 0.3) is 0 Å². The molecule has 2 heterocycles.